The topological polar surface area (TPSA) is 34.1 Å². The number of nitrogens with one attached hydrogen (secondary N) is 1. The van der Waals surface area contributed by atoms with Crippen molar-refractivity contribution in [1.82, 2.24) is 10.3 Å². The van der Waals surface area contributed by atoms with E-state index in [9.17, 15) is 0 Å². The van der Waals surface area contributed by atoms with Gasteiger partial charge in [-0.3, -0.25) is 4.98 Å². The number of likely N-dealkylation sites (N-methyl/N-ethyl adjacent to an activating group) is 1. The molecule has 0 spiro atoms. The number of aromatic nitrogens is 1. The van der Waals surface area contributed by atoms with Crippen LogP contribution in [0.3, 0.4) is 0 Å². The monoisotopic (exact) mass is 348 g/mol. The van der Waals surface area contributed by atoms with Crippen LogP contribution in [0.5, 0.6) is 5.75 Å². The van der Waals surface area contributed by atoms with E-state index < -0.39 is 0 Å². The molecule has 1 unspecified atom stereocenters. The van der Waals surface area contributed by atoms with E-state index in [0.29, 0.717) is 12.5 Å². The molecule has 1 aromatic heterocycles. The maximum atomic E-state index is 5.73. The highest BCUT2D eigenvalue weighted by molar-refractivity contribution is 9.10. The van der Waals surface area contributed by atoms with Crippen LogP contribution in [0.2, 0.25) is 0 Å². The van der Waals surface area contributed by atoms with Crippen molar-refractivity contribution in [3.63, 3.8) is 0 Å². The van der Waals surface area contributed by atoms with Gasteiger partial charge in [-0.25, -0.2) is 0 Å². The van der Waals surface area contributed by atoms with Gasteiger partial charge >= 0.3 is 0 Å². The third kappa shape index (κ3) is 5.14. The number of hydrogen-bond donors (Lipinski definition) is 1. The van der Waals surface area contributed by atoms with Gasteiger partial charge in [-0.2, -0.15) is 0 Å². The quantitative estimate of drug-likeness (QED) is 0.816. The molecule has 1 aromatic carbocycles. The standard InChI is InChI=1S/C17H21BrN2O/c1-3-19-9-13(2)15-6-4-14(5-7-15)12-21-17-8-16(18)10-20-11-17/h4-8,10-11,13,19H,3,9,12H2,1-2H3. The summed E-state index contributed by atoms with van der Waals surface area (Å²) in [6.07, 6.45) is 3.46. The van der Waals surface area contributed by atoms with Crippen LogP contribution in [0.4, 0.5) is 0 Å². The third-order valence-corrected chi connectivity index (χ3v) is 3.77. The lowest BCUT2D eigenvalue weighted by Gasteiger charge is -2.13. The Morgan fingerprint density at radius 3 is 2.67 bits per heavy atom. The van der Waals surface area contributed by atoms with E-state index in [1.807, 2.05) is 6.07 Å². The van der Waals surface area contributed by atoms with E-state index in [-0.39, 0.29) is 0 Å². The number of nitrogens with zero attached hydrogens (tertiary/aromatic N) is 1. The summed E-state index contributed by atoms with van der Waals surface area (Å²) in [5.74, 6) is 1.29. The highest BCUT2D eigenvalue weighted by Crippen LogP contribution is 2.19. The van der Waals surface area contributed by atoms with Crippen LogP contribution in [0.1, 0.15) is 30.9 Å². The van der Waals surface area contributed by atoms with Crippen LogP contribution in [0, 0.1) is 0 Å². The second kappa shape index (κ2) is 8.15. The van der Waals surface area contributed by atoms with Gasteiger partial charge in [-0.05, 0) is 45.6 Å². The minimum Gasteiger partial charge on any atom is -0.487 e. The van der Waals surface area contributed by atoms with Crippen molar-refractivity contribution in [3.05, 3.63) is 58.3 Å². The molecule has 2 rings (SSSR count). The summed E-state index contributed by atoms with van der Waals surface area (Å²) in [5, 5.41) is 3.38. The second-order valence-electron chi connectivity index (χ2n) is 5.08. The smallest absolute Gasteiger partial charge is 0.139 e. The van der Waals surface area contributed by atoms with Crippen LogP contribution in [-0.4, -0.2) is 18.1 Å². The Labute approximate surface area is 134 Å². The number of pyridine rings is 1. The first kappa shape index (κ1) is 16.0. The van der Waals surface area contributed by atoms with Gasteiger partial charge in [0.2, 0.25) is 0 Å². The first-order valence-electron chi connectivity index (χ1n) is 7.22. The summed E-state index contributed by atoms with van der Waals surface area (Å²) >= 11 is 3.39. The van der Waals surface area contributed by atoms with Crippen LogP contribution >= 0.6 is 15.9 Å². The maximum absolute atomic E-state index is 5.73. The Kier molecular flexibility index (Phi) is 6.21. The normalized spacial score (nSPS) is 12.1. The number of benzene rings is 1. The van der Waals surface area contributed by atoms with Gasteiger partial charge in [-0.15, -0.1) is 0 Å². The Morgan fingerprint density at radius 1 is 1.24 bits per heavy atom. The van der Waals surface area contributed by atoms with Crippen molar-refractivity contribution in [1.29, 1.82) is 0 Å². The minimum absolute atomic E-state index is 0.522. The molecule has 0 saturated carbocycles. The average molecular weight is 349 g/mol. The third-order valence-electron chi connectivity index (χ3n) is 3.33. The summed E-state index contributed by atoms with van der Waals surface area (Å²) in [6, 6.07) is 10.5. The predicted octanol–water partition coefficient (Wildman–Crippen LogP) is 4.14. The van der Waals surface area contributed by atoms with Crippen LogP contribution < -0.4 is 10.1 Å². The highest BCUT2D eigenvalue weighted by Gasteiger charge is 2.05. The SMILES string of the molecule is CCNCC(C)c1ccc(COc2cncc(Br)c2)cc1. The first-order valence-corrected chi connectivity index (χ1v) is 8.01. The minimum atomic E-state index is 0.522. The van der Waals surface area contributed by atoms with Gasteiger partial charge < -0.3 is 10.1 Å². The molecule has 0 bridgehead atoms. The highest BCUT2D eigenvalue weighted by atomic mass is 79.9. The number of rotatable bonds is 7. The van der Waals surface area contributed by atoms with E-state index in [1.54, 1.807) is 12.4 Å². The lowest BCUT2D eigenvalue weighted by atomic mass is 10.00. The molecule has 0 fully saturated rings. The molecule has 0 radical (unpaired) electrons. The molecular formula is C17H21BrN2O. The molecule has 2 aromatic rings. The molecule has 0 aliphatic carbocycles. The first-order chi connectivity index (χ1) is 10.2. The number of hydrogen-bond acceptors (Lipinski definition) is 3. The summed E-state index contributed by atoms with van der Waals surface area (Å²) in [6.45, 7) is 6.94. The molecule has 0 amide bonds. The Hall–Kier alpha value is -1.39. The molecule has 0 aliphatic rings. The van der Waals surface area contributed by atoms with Crippen molar-refractivity contribution < 1.29 is 4.74 Å². The van der Waals surface area contributed by atoms with Gasteiger partial charge in [0.25, 0.3) is 0 Å². The Bertz CT molecular complexity index is 557. The fourth-order valence-corrected chi connectivity index (χ4v) is 2.40. The zero-order valence-corrected chi connectivity index (χ0v) is 14.1. The molecule has 1 atom stereocenters. The molecule has 4 heteroatoms. The zero-order valence-electron chi connectivity index (χ0n) is 12.5. The molecule has 0 aliphatic heterocycles. The van der Waals surface area contributed by atoms with E-state index in [4.69, 9.17) is 4.74 Å². The fourth-order valence-electron chi connectivity index (χ4n) is 2.06. The van der Waals surface area contributed by atoms with Crippen molar-refractivity contribution in [3.8, 4) is 5.75 Å². The summed E-state index contributed by atoms with van der Waals surface area (Å²) < 4.78 is 6.66. The molecule has 1 heterocycles. The largest absolute Gasteiger partial charge is 0.487 e. The second-order valence-corrected chi connectivity index (χ2v) is 5.99. The summed E-state index contributed by atoms with van der Waals surface area (Å²) in [7, 11) is 0. The maximum Gasteiger partial charge on any atom is 0.139 e. The Balaban J connectivity index is 1.90. The number of halogens is 1. The van der Waals surface area contributed by atoms with Gasteiger partial charge in [0.15, 0.2) is 0 Å². The van der Waals surface area contributed by atoms with Gasteiger partial charge in [0.1, 0.15) is 12.4 Å². The Morgan fingerprint density at radius 2 is 2.00 bits per heavy atom. The van der Waals surface area contributed by atoms with Crippen molar-refractivity contribution in [2.24, 2.45) is 0 Å². The van der Waals surface area contributed by atoms with Crippen molar-refractivity contribution >= 4 is 15.9 Å². The van der Waals surface area contributed by atoms with Gasteiger partial charge in [0.05, 0.1) is 6.20 Å². The van der Waals surface area contributed by atoms with Gasteiger partial charge in [-0.1, -0.05) is 38.1 Å². The molecule has 1 N–H and O–H groups in total. The van der Waals surface area contributed by atoms with Crippen molar-refractivity contribution in [2.45, 2.75) is 26.4 Å². The van der Waals surface area contributed by atoms with Crippen LogP contribution in [-0.2, 0) is 6.61 Å². The molecule has 112 valence electrons. The van der Waals surface area contributed by atoms with E-state index in [1.165, 1.54) is 5.56 Å². The summed E-state index contributed by atoms with van der Waals surface area (Å²) in [4.78, 5) is 4.08. The van der Waals surface area contributed by atoms with Crippen LogP contribution in [0.15, 0.2) is 47.2 Å². The van der Waals surface area contributed by atoms with Crippen LogP contribution in [0.25, 0.3) is 0 Å². The lowest BCUT2D eigenvalue weighted by molar-refractivity contribution is 0.304. The van der Waals surface area contributed by atoms with Crippen molar-refractivity contribution in [2.75, 3.05) is 13.1 Å². The molecule has 0 saturated heterocycles. The lowest BCUT2D eigenvalue weighted by Crippen LogP contribution is -2.19. The molecule has 21 heavy (non-hydrogen) atoms. The molecular weight excluding hydrogens is 328 g/mol. The predicted molar refractivity (Wildman–Crippen MR) is 89.7 cm³/mol. The number of ether oxygens (including phenoxy) is 1. The fraction of sp³-hybridized carbons (Fsp3) is 0.353. The van der Waals surface area contributed by atoms with E-state index >= 15 is 0 Å². The summed E-state index contributed by atoms with van der Waals surface area (Å²) in [5.41, 5.74) is 2.51. The van der Waals surface area contributed by atoms with Gasteiger partial charge in [0, 0.05) is 17.2 Å². The average Bonchev–Trinajstić information content (AvgIpc) is 2.51. The van der Waals surface area contributed by atoms with E-state index in [2.05, 4.69) is 64.3 Å². The zero-order chi connectivity index (χ0) is 15.1. The van der Waals surface area contributed by atoms with E-state index in [0.717, 1.165) is 28.9 Å². The molecule has 3 nitrogen and oxygen atoms in total.